The average molecular weight is 247 g/mol. The number of ether oxygens (including phenoxy) is 1. The van der Waals surface area contributed by atoms with Gasteiger partial charge in [0.1, 0.15) is 0 Å². The van der Waals surface area contributed by atoms with Crippen molar-refractivity contribution in [1.29, 1.82) is 0 Å². The van der Waals surface area contributed by atoms with E-state index in [0.717, 1.165) is 32.3 Å². The van der Waals surface area contributed by atoms with Crippen molar-refractivity contribution in [3.63, 3.8) is 0 Å². The molecule has 0 amide bonds. The summed E-state index contributed by atoms with van der Waals surface area (Å²) in [5.74, 6) is 0. The lowest BCUT2D eigenvalue weighted by Crippen LogP contribution is -2.60. The van der Waals surface area contributed by atoms with Crippen molar-refractivity contribution >= 4 is 0 Å². The zero-order valence-corrected chi connectivity index (χ0v) is 11.6. The molecule has 3 atom stereocenters. The molecule has 18 heavy (non-hydrogen) atoms. The van der Waals surface area contributed by atoms with E-state index in [-0.39, 0.29) is 5.41 Å². The van der Waals surface area contributed by atoms with E-state index < -0.39 is 0 Å². The van der Waals surface area contributed by atoms with E-state index in [9.17, 15) is 0 Å². The maximum atomic E-state index is 6.07. The predicted octanol–water partition coefficient (Wildman–Crippen LogP) is 3.15. The zero-order chi connectivity index (χ0) is 13.0. The Labute approximate surface area is 111 Å². The molecule has 0 saturated heterocycles. The molecule has 0 spiro atoms. The minimum Gasteiger partial charge on any atom is -0.378 e. The maximum absolute atomic E-state index is 6.07. The first-order chi connectivity index (χ1) is 8.66. The molecule has 0 bridgehead atoms. The highest BCUT2D eigenvalue weighted by atomic mass is 16.5. The van der Waals surface area contributed by atoms with E-state index in [1.807, 2.05) is 0 Å². The number of nitrogens with two attached hydrogens (primary N) is 1. The highest BCUT2D eigenvalue weighted by molar-refractivity contribution is 5.14. The van der Waals surface area contributed by atoms with Gasteiger partial charge in [-0.2, -0.15) is 0 Å². The third kappa shape index (κ3) is 2.76. The fraction of sp³-hybridized carbons (Fsp3) is 0.625. The van der Waals surface area contributed by atoms with Crippen LogP contribution >= 0.6 is 0 Å². The summed E-state index contributed by atoms with van der Waals surface area (Å²) in [5, 5.41) is 0. The topological polar surface area (TPSA) is 35.2 Å². The molecule has 0 aliphatic heterocycles. The van der Waals surface area contributed by atoms with E-state index >= 15 is 0 Å². The molecule has 0 heterocycles. The van der Waals surface area contributed by atoms with Gasteiger partial charge in [-0.1, -0.05) is 44.2 Å². The number of aryl methyl sites for hydroxylation is 1. The molecule has 1 saturated carbocycles. The van der Waals surface area contributed by atoms with Crippen molar-refractivity contribution in [3.8, 4) is 0 Å². The second-order valence-corrected chi connectivity index (χ2v) is 5.65. The monoisotopic (exact) mass is 247 g/mol. The van der Waals surface area contributed by atoms with Crippen LogP contribution in [0.5, 0.6) is 0 Å². The standard InChI is InChI=1S/C16H25NO/c1-3-16(2)14(17)12-15(16)18-11-7-10-13-8-5-4-6-9-13/h4-6,8-9,14-15H,3,7,10-12,17H2,1-2H3. The summed E-state index contributed by atoms with van der Waals surface area (Å²) in [4.78, 5) is 0. The van der Waals surface area contributed by atoms with Crippen LogP contribution < -0.4 is 5.73 Å². The van der Waals surface area contributed by atoms with Gasteiger partial charge in [0, 0.05) is 18.1 Å². The average Bonchev–Trinajstić information content (AvgIpc) is 2.42. The van der Waals surface area contributed by atoms with Gasteiger partial charge in [-0.05, 0) is 31.2 Å². The Balaban J connectivity index is 1.68. The Morgan fingerprint density at radius 3 is 2.67 bits per heavy atom. The second-order valence-electron chi connectivity index (χ2n) is 5.65. The van der Waals surface area contributed by atoms with Crippen LogP contribution in [-0.2, 0) is 11.2 Å². The van der Waals surface area contributed by atoms with Crippen LogP contribution in [0.1, 0.15) is 38.7 Å². The minimum atomic E-state index is 0.201. The number of hydrogen-bond donors (Lipinski definition) is 1. The Kier molecular flexibility index (Phi) is 4.41. The van der Waals surface area contributed by atoms with Crippen molar-refractivity contribution in [2.45, 2.75) is 51.7 Å². The van der Waals surface area contributed by atoms with Crippen molar-refractivity contribution in [2.75, 3.05) is 6.61 Å². The van der Waals surface area contributed by atoms with Crippen molar-refractivity contribution < 1.29 is 4.74 Å². The molecule has 1 aromatic rings. The normalized spacial score (nSPS) is 31.1. The van der Waals surface area contributed by atoms with E-state index in [0.29, 0.717) is 12.1 Å². The van der Waals surface area contributed by atoms with Crippen LogP contribution in [0, 0.1) is 5.41 Å². The predicted molar refractivity (Wildman–Crippen MR) is 75.5 cm³/mol. The number of hydrogen-bond acceptors (Lipinski definition) is 2. The van der Waals surface area contributed by atoms with Crippen molar-refractivity contribution in [1.82, 2.24) is 0 Å². The largest absolute Gasteiger partial charge is 0.378 e. The molecule has 1 aliphatic carbocycles. The van der Waals surface area contributed by atoms with Crippen LogP contribution in [-0.4, -0.2) is 18.8 Å². The van der Waals surface area contributed by atoms with E-state index in [2.05, 4.69) is 44.2 Å². The van der Waals surface area contributed by atoms with Crippen LogP contribution in [0.15, 0.2) is 30.3 Å². The van der Waals surface area contributed by atoms with Gasteiger partial charge in [0.15, 0.2) is 0 Å². The highest BCUT2D eigenvalue weighted by Gasteiger charge is 2.49. The summed E-state index contributed by atoms with van der Waals surface area (Å²) in [7, 11) is 0. The zero-order valence-electron chi connectivity index (χ0n) is 11.6. The second kappa shape index (κ2) is 5.85. The fourth-order valence-electron chi connectivity index (χ4n) is 2.74. The summed E-state index contributed by atoms with van der Waals surface area (Å²) in [5.41, 5.74) is 7.67. The summed E-state index contributed by atoms with van der Waals surface area (Å²) in [6, 6.07) is 10.9. The van der Waals surface area contributed by atoms with Gasteiger partial charge in [0.25, 0.3) is 0 Å². The molecule has 0 radical (unpaired) electrons. The summed E-state index contributed by atoms with van der Waals surface area (Å²) in [6.45, 7) is 5.31. The molecule has 1 aliphatic rings. The van der Waals surface area contributed by atoms with Gasteiger partial charge < -0.3 is 10.5 Å². The lowest BCUT2D eigenvalue weighted by molar-refractivity contribution is -0.119. The van der Waals surface area contributed by atoms with Crippen LogP contribution in [0.3, 0.4) is 0 Å². The van der Waals surface area contributed by atoms with Crippen LogP contribution in [0.2, 0.25) is 0 Å². The van der Waals surface area contributed by atoms with Gasteiger partial charge in [-0.25, -0.2) is 0 Å². The first-order valence-corrected chi connectivity index (χ1v) is 7.08. The molecule has 100 valence electrons. The Morgan fingerprint density at radius 2 is 2.06 bits per heavy atom. The lowest BCUT2D eigenvalue weighted by atomic mass is 9.62. The fourth-order valence-corrected chi connectivity index (χ4v) is 2.74. The van der Waals surface area contributed by atoms with E-state index in [1.54, 1.807) is 0 Å². The van der Waals surface area contributed by atoms with Crippen molar-refractivity contribution in [2.24, 2.45) is 11.1 Å². The summed E-state index contributed by atoms with van der Waals surface area (Å²) >= 11 is 0. The Hall–Kier alpha value is -0.860. The minimum absolute atomic E-state index is 0.201. The third-order valence-electron chi connectivity index (χ3n) is 4.58. The van der Waals surface area contributed by atoms with Gasteiger partial charge in [-0.3, -0.25) is 0 Å². The summed E-state index contributed by atoms with van der Waals surface area (Å²) in [6.07, 6.45) is 4.69. The molecule has 2 nitrogen and oxygen atoms in total. The molecular formula is C16H25NO. The van der Waals surface area contributed by atoms with Crippen LogP contribution in [0.25, 0.3) is 0 Å². The molecule has 1 fully saturated rings. The third-order valence-corrected chi connectivity index (χ3v) is 4.58. The molecular weight excluding hydrogens is 222 g/mol. The Bertz CT molecular complexity index is 365. The molecule has 1 aromatic carbocycles. The highest BCUT2D eigenvalue weighted by Crippen LogP contribution is 2.44. The van der Waals surface area contributed by atoms with E-state index in [1.165, 1.54) is 5.56 Å². The van der Waals surface area contributed by atoms with E-state index in [4.69, 9.17) is 10.5 Å². The SMILES string of the molecule is CCC1(C)C(N)CC1OCCCc1ccccc1. The van der Waals surface area contributed by atoms with Gasteiger partial charge in [-0.15, -0.1) is 0 Å². The van der Waals surface area contributed by atoms with Gasteiger partial charge in [0.05, 0.1) is 6.10 Å². The van der Waals surface area contributed by atoms with Gasteiger partial charge >= 0.3 is 0 Å². The van der Waals surface area contributed by atoms with Crippen molar-refractivity contribution in [3.05, 3.63) is 35.9 Å². The first kappa shape index (κ1) is 13.6. The number of benzene rings is 1. The summed E-state index contributed by atoms with van der Waals surface area (Å²) < 4.78 is 6.00. The Morgan fingerprint density at radius 1 is 1.33 bits per heavy atom. The maximum Gasteiger partial charge on any atom is 0.0658 e. The molecule has 2 heteroatoms. The lowest BCUT2D eigenvalue weighted by Gasteiger charge is -2.51. The quantitative estimate of drug-likeness (QED) is 0.784. The molecule has 2 rings (SSSR count). The molecule has 3 unspecified atom stereocenters. The smallest absolute Gasteiger partial charge is 0.0658 e. The molecule has 0 aromatic heterocycles. The molecule has 2 N–H and O–H groups in total. The first-order valence-electron chi connectivity index (χ1n) is 7.08. The van der Waals surface area contributed by atoms with Gasteiger partial charge in [0.2, 0.25) is 0 Å². The van der Waals surface area contributed by atoms with Crippen LogP contribution in [0.4, 0.5) is 0 Å². The number of rotatable bonds is 6.